The molecule has 0 aromatic heterocycles. The molecule has 166 valence electrons. The van der Waals surface area contributed by atoms with Gasteiger partial charge in [-0.15, -0.1) is 0 Å². The van der Waals surface area contributed by atoms with Gasteiger partial charge in [0, 0.05) is 14.5 Å². The number of amides is 1. The number of carbonyl (C=O) groups is 2. The van der Waals surface area contributed by atoms with Gasteiger partial charge in [0.2, 0.25) is 0 Å². The third kappa shape index (κ3) is 6.74. The number of benzene rings is 3. The van der Waals surface area contributed by atoms with Crippen LogP contribution in [0.5, 0.6) is 11.5 Å². The van der Waals surface area contributed by atoms with Crippen LogP contribution in [-0.2, 0) is 4.79 Å². The summed E-state index contributed by atoms with van der Waals surface area (Å²) in [4.78, 5) is 24.7. The number of nitriles is 1. The largest absolute Gasteiger partial charge is 0.482 e. The van der Waals surface area contributed by atoms with E-state index in [1.165, 1.54) is 6.21 Å². The highest BCUT2D eigenvalue weighted by Crippen LogP contribution is 2.33. The summed E-state index contributed by atoms with van der Waals surface area (Å²) in [5.41, 5.74) is 3.46. The maximum atomic E-state index is 12.6. The zero-order chi connectivity index (χ0) is 23.8. The second-order valence-electron chi connectivity index (χ2n) is 6.37. The van der Waals surface area contributed by atoms with E-state index in [0.29, 0.717) is 35.9 Å². The summed E-state index contributed by atoms with van der Waals surface area (Å²) in [5.74, 6) is -0.555. The van der Waals surface area contributed by atoms with Gasteiger partial charge in [0.15, 0.2) is 12.4 Å². The zero-order valence-corrected chi connectivity index (χ0v) is 21.5. The Kier molecular flexibility index (Phi) is 8.77. The monoisotopic (exact) mass is 633 g/mol. The van der Waals surface area contributed by atoms with Crippen molar-refractivity contribution in [1.29, 1.82) is 5.26 Å². The van der Waals surface area contributed by atoms with Crippen molar-refractivity contribution < 1.29 is 19.1 Å². The van der Waals surface area contributed by atoms with Gasteiger partial charge < -0.3 is 9.47 Å². The molecule has 33 heavy (non-hydrogen) atoms. The highest BCUT2D eigenvalue weighted by molar-refractivity contribution is 9.11. The van der Waals surface area contributed by atoms with Gasteiger partial charge in [0.25, 0.3) is 5.91 Å². The van der Waals surface area contributed by atoms with Crippen LogP contribution in [0.25, 0.3) is 0 Å². The molecule has 3 rings (SSSR count). The summed E-state index contributed by atoms with van der Waals surface area (Å²) >= 11 is 10.1. The van der Waals surface area contributed by atoms with Crippen molar-refractivity contribution in [2.24, 2.45) is 5.10 Å². The quantitative estimate of drug-likeness (QED) is 0.158. The van der Waals surface area contributed by atoms with E-state index < -0.39 is 11.9 Å². The number of esters is 1. The molecule has 0 saturated heterocycles. The SMILES string of the molecule is N#Cc1ccccc1OCC(=O)NN=Cc1cc(Br)cc(Br)c1OC(=O)c1ccccc1Br. The first kappa shape index (κ1) is 24.6. The summed E-state index contributed by atoms with van der Waals surface area (Å²) in [6.45, 7) is -0.331. The van der Waals surface area contributed by atoms with Gasteiger partial charge in [0.1, 0.15) is 11.8 Å². The van der Waals surface area contributed by atoms with E-state index in [1.54, 1.807) is 60.7 Å². The van der Waals surface area contributed by atoms with Crippen LogP contribution in [0.2, 0.25) is 0 Å². The first-order chi connectivity index (χ1) is 15.9. The number of hydrazone groups is 1. The fourth-order valence-corrected chi connectivity index (χ4v) is 4.38. The molecule has 0 spiro atoms. The Labute approximate surface area is 214 Å². The topological polar surface area (TPSA) is 101 Å². The highest BCUT2D eigenvalue weighted by Gasteiger charge is 2.17. The van der Waals surface area contributed by atoms with Gasteiger partial charge >= 0.3 is 5.97 Å². The molecule has 0 radical (unpaired) electrons. The summed E-state index contributed by atoms with van der Waals surface area (Å²) in [7, 11) is 0. The Bertz CT molecular complexity index is 1270. The normalized spacial score (nSPS) is 10.5. The fraction of sp³-hybridized carbons (Fsp3) is 0.0435. The number of nitrogens with one attached hydrogen (secondary N) is 1. The van der Waals surface area contributed by atoms with Crippen molar-refractivity contribution in [3.05, 3.63) is 90.8 Å². The van der Waals surface area contributed by atoms with Gasteiger partial charge in [-0.3, -0.25) is 4.79 Å². The van der Waals surface area contributed by atoms with Gasteiger partial charge in [-0.2, -0.15) is 10.4 Å². The fourth-order valence-electron chi connectivity index (χ4n) is 2.59. The lowest BCUT2D eigenvalue weighted by molar-refractivity contribution is -0.123. The molecule has 0 atom stereocenters. The minimum absolute atomic E-state index is 0.233. The molecule has 10 heteroatoms. The minimum Gasteiger partial charge on any atom is -0.482 e. The molecule has 1 N–H and O–H groups in total. The van der Waals surface area contributed by atoms with Crippen LogP contribution in [0.15, 0.2) is 79.2 Å². The Hall–Kier alpha value is -3.00. The number of ether oxygens (including phenoxy) is 2. The Morgan fingerprint density at radius 3 is 2.52 bits per heavy atom. The van der Waals surface area contributed by atoms with Gasteiger partial charge in [-0.1, -0.05) is 40.2 Å². The average molecular weight is 636 g/mol. The first-order valence-electron chi connectivity index (χ1n) is 9.28. The van der Waals surface area contributed by atoms with Gasteiger partial charge in [-0.05, 0) is 68.3 Å². The van der Waals surface area contributed by atoms with Crippen LogP contribution in [-0.4, -0.2) is 24.7 Å². The van der Waals surface area contributed by atoms with E-state index in [1.807, 2.05) is 6.07 Å². The van der Waals surface area contributed by atoms with Crippen molar-refractivity contribution in [1.82, 2.24) is 5.43 Å². The third-order valence-corrected chi connectivity index (χ3v) is 5.82. The molecule has 0 bridgehead atoms. The number of hydrogen-bond acceptors (Lipinski definition) is 6. The standard InChI is InChI=1S/C23H14Br3N3O4/c24-16-9-15(12-28-29-21(30)13-32-20-8-4-1-5-14(20)11-27)22(19(26)10-16)33-23(31)17-6-2-3-7-18(17)25/h1-10,12H,13H2,(H,29,30). The molecule has 0 heterocycles. The molecule has 0 aliphatic carbocycles. The summed E-state index contributed by atoms with van der Waals surface area (Å²) < 4.78 is 12.8. The molecule has 3 aromatic carbocycles. The van der Waals surface area contributed by atoms with Crippen LogP contribution >= 0.6 is 47.8 Å². The van der Waals surface area contributed by atoms with Crippen LogP contribution in [0.1, 0.15) is 21.5 Å². The Balaban J connectivity index is 1.70. The smallest absolute Gasteiger partial charge is 0.344 e. The van der Waals surface area contributed by atoms with E-state index in [4.69, 9.17) is 14.7 Å². The molecule has 0 aliphatic heterocycles. The molecule has 0 saturated carbocycles. The minimum atomic E-state index is -0.561. The molecule has 1 amide bonds. The molecule has 0 unspecified atom stereocenters. The average Bonchev–Trinajstić information content (AvgIpc) is 2.80. The van der Waals surface area contributed by atoms with E-state index in [2.05, 4.69) is 58.3 Å². The van der Waals surface area contributed by atoms with E-state index >= 15 is 0 Å². The predicted molar refractivity (Wildman–Crippen MR) is 133 cm³/mol. The van der Waals surface area contributed by atoms with Crippen molar-refractivity contribution >= 4 is 65.9 Å². The molecule has 0 fully saturated rings. The van der Waals surface area contributed by atoms with Gasteiger partial charge in [-0.25, -0.2) is 10.2 Å². The summed E-state index contributed by atoms with van der Waals surface area (Å²) in [6, 6.07) is 18.9. The molecule has 3 aromatic rings. The van der Waals surface area contributed by atoms with Crippen molar-refractivity contribution in [3.63, 3.8) is 0 Å². The molecule has 0 aliphatic rings. The van der Waals surface area contributed by atoms with E-state index in [9.17, 15) is 9.59 Å². The van der Waals surface area contributed by atoms with Crippen LogP contribution in [0.3, 0.4) is 0 Å². The molecular formula is C23H14Br3N3O4. The Morgan fingerprint density at radius 1 is 1.03 bits per heavy atom. The number of carbonyl (C=O) groups excluding carboxylic acids is 2. The van der Waals surface area contributed by atoms with E-state index in [0.717, 1.165) is 0 Å². The van der Waals surface area contributed by atoms with Crippen LogP contribution < -0.4 is 14.9 Å². The van der Waals surface area contributed by atoms with Crippen LogP contribution in [0, 0.1) is 11.3 Å². The number of para-hydroxylation sites is 1. The lowest BCUT2D eigenvalue weighted by Crippen LogP contribution is -2.24. The van der Waals surface area contributed by atoms with Gasteiger partial charge in [0.05, 0.1) is 21.8 Å². The molecule has 7 nitrogen and oxygen atoms in total. The first-order valence-corrected chi connectivity index (χ1v) is 11.7. The van der Waals surface area contributed by atoms with Crippen molar-refractivity contribution in [2.45, 2.75) is 0 Å². The maximum absolute atomic E-state index is 12.6. The number of rotatable bonds is 7. The number of halogens is 3. The van der Waals surface area contributed by atoms with E-state index in [-0.39, 0.29) is 12.4 Å². The predicted octanol–water partition coefficient (Wildman–Crippen LogP) is 5.59. The lowest BCUT2D eigenvalue weighted by atomic mass is 10.2. The lowest BCUT2D eigenvalue weighted by Gasteiger charge is -2.11. The van der Waals surface area contributed by atoms with Crippen LogP contribution in [0.4, 0.5) is 0 Å². The highest BCUT2D eigenvalue weighted by atomic mass is 79.9. The van der Waals surface area contributed by atoms with Crippen molar-refractivity contribution in [2.75, 3.05) is 6.61 Å². The zero-order valence-electron chi connectivity index (χ0n) is 16.7. The number of hydrogen-bond donors (Lipinski definition) is 1. The number of nitrogens with zero attached hydrogens (tertiary/aromatic N) is 2. The Morgan fingerprint density at radius 2 is 1.76 bits per heavy atom. The maximum Gasteiger partial charge on any atom is 0.344 e. The second kappa shape index (κ2) is 11.7. The summed E-state index contributed by atoms with van der Waals surface area (Å²) in [6.07, 6.45) is 1.35. The molecular weight excluding hydrogens is 622 g/mol. The van der Waals surface area contributed by atoms with Crippen molar-refractivity contribution in [3.8, 4) is 17.6 Å². The second-order valence-corrected chi connectivity index (χ2v) is 8.99. The third-order valence-electron chi connectivity index (χ3n) is 4.08. The summed E-state index contributed by atoms with van der Waals surface area (Å²) in [5, 5.41) is 13.0.